The van der Waals surface area contributed by atoms with Gasteiger partial charge in [0, 0.05) is 7.11 Å². The number of fused-ring (bicyclic) bond motifs is 1. The number of carbonyl (C=O) groups is 1. The molecule has 6 nitrogen and oxygen atoms in total. The van der Waals surface area contributed by atoms with Crippen LogP contribution in [0.5, 0.6) is 0 Å². The fraction of sp³-hybridized carbons (Fsp3) is 0.440. The Morgan fingerprint density at radius 1 is 1.19 bits per heavy atom. The number of para-hydroxylation sites is 3. The number of aryl methyl sites for hydroxylation is 2. The third kappa shape index (κ3) is 4.65. The van der Waals surface area contributed by atoms with Crippen LogP contribution in [0.3, 0.4) is 0 Å². The fourth-order valence-electron chi connectivity index (χ4n) is 4.17. The Morgan fingerprint density at radius 3 is 2.61 bits per heavy atom. The van der Waals surface area contributed by atoms with Crippen LogP contribution in [0.1, 0.15) is 50.2 Å². The van der Waals surface area contributed by atoms with Crippen LogP contribution in [-0.4, -0.2) is 40.3 Å². The highest BCUT2D eigenvalue weighted by molar-refractivity contribution is 5.96. The lowest BCUT2D eigenvalue weighted by Crippen LogP contribution is -2.44. The minimum atomic E-state index is -0.727. The van der Waals surface area contributed by atoms with Crippen molar-refractivity contribution in [2.24, 2.45) is 0 Å². The van der Waals surface area contributed by atoms with Crippen molar-refractivity contribution in [3.8, 4) is 0 Å². The normalized spacial score (nSPS) is 13.4. The number of aliphatic hydroxyl groups is 1. The molecular weight excluding hydrogens is 390 g/mol. The van der Waals surface area contributed by atoms with Gasteiger partial charge >= 0.3 is 0 Å². The topological polar surface area (TPSA) is 67.6 Å². The van der Waals surface area contributed by atoms with Crippen molar-refractivity contribution >= 4 is 22.6 Å². The summed E-state index contributed by atoms with van der Waals surface area (Å²) in [7, 11) is 1.65. The van der Waals surface area contributed by atoms with E-state index >= 15 is 0 Å². The standard InChI is InChI=1S/C25H33N3O3/c1-6-19-12-10-11-17(3)24(19)28(18(4)16-31-5)23(30)15-27-21-14-9-8-13-20(21)26-25(27)22(29)7-2/h8-14,18,22,29H,6-7,15-16H2,1-5H3/t18-,22+/m1/s1. The van der Waals surface area contributed by atoms with Gasteiger partial charge in [-0.05, 0) is 49.9 Å². The number of hydrogen-bond donors (Lipinski definition) is 1. The van der Waals surface area contributed by atoms with E-state index in [0.29, 0.717) is 18.9 Å². The highest BCUT2D eigenvalue weighted by atomic mass is 16.5. The molecule has 166 valence electrons. The smallest absolute Gasteiger partial charge is 0.247 e. The highest BCUT2D eigenvalue weighted by Gasteiger charge is 2.27. The predicted octanol–water partition coefficient (Wildman–Crippen LogP) is 4.42. The van der Waals surface area contributed by atoms with Crippen molar-refractivity contribution in [3.05, 3.63) is 59.4 Å². The second kappa shape index (κ2) is 10.1. The van der Waals surface area contributed by atoms with Gasteiger partial charge in [0.05, 0.1) is 29.4 Å². The van der Waals surface area contributed by atoms with Crippen LogP contribution in [0.25, 0.3) is 11.0 Å². The molecule has 3 rings (SSSR count). The summed E-state index contributed by atoms with van der Waals surface area (Å²) in [6.07, 6.45) is 0.627. The largest absolute Gasteiger partial charge is 0.385 e. The number of hydrogen-bond acceptors (Lipinski definition) is 4. The number of aromatic nitrogens is 2. The SMILES string of the molecule is CCc1cccc(C)c1N(C(=O)Cn1c([C@@H](O)CC)nc2ccccc21)[C@H](C)COC. The number of methoxy groups -OCH3 is 1. The van der Waals surface area contributed by atoms with Crippen molar-refractivity contribution in [2.75, 3.05) is 18.6 Å². The van der Waals surface area contributed by atoms with Gasteiger partial charge < -0.3 is 19.3 Å². The Hall–Kier alpha value is -2.70. The molecule has 0 radical (unpaired) electrons. The summed E-state index contributed by atoms with van der Waals surface area (Å²) < 4.78 is 7.25. The number of carbonyl (C=O) groups excluding carboxylic acids is 1. The molecule has 0 aliphatic rings. The molecule has 0 saturated heterocycles. The molecule has 0 saturated carbocycles. The van der Waals surface area contributed by atoms with E-state index in [1.54, 1.807) is 7.11 Å². The van der Waals surface area contributed by atoms with Crippen molar-refractivity contribution in [1.82, 2.24) is 9.55 Å². The maximum absolute atomic E-state index is 13.8. The first-order chi connectivity index (χ1) is 14.9. The maximum atomic E-state index is 13.8. The quantitative estimate of drug-likeness (QED) is 0.553. The van der Waals surface area contributed by atoms with E-state index in [-0.39, 0.29) is 18.5 Å². The number of anilines is 1. The molecule has 0 aliphatic carbocycles. The summed E-state index contributed by atoms with van der Waals surface area (Å²) in [5.41, 5.74) is 4.75. The Balaban J connectivity index is 2.09. The zero-order valence-corrected chi connectivity index (χ0v) is 19.1. The monoisotopic (exact) mass is 423 g/mol. The predicted molar refractivity (Wildman–Crippen MR) is 124 cm³/mol. The summed E-state index contributed by atoms with van der Waals surface area (Å²) in [6, 6.07) is 13.7. The average Bonchev–Trinajstić information content (AvgIpc) is 3.13. The number of nitrogens with zero attached hydrogens (tertiary/aromatic N) is 3. The summed E-state index contributed by atoms with van der Waals surface area (Å²) >= 11 is 0. The van der Waals surface area contributed by atoms with Gasteiger partial charge in [0.15, 0.2) is 0 Å². The molecule has 0 unspecified atom stereocenters. The first-order valence-electron chi connectivity index (χ1n) is 11.0. The minimum absolute atomic E-state index is 0.0544. The zero-order chi connectivity index (χ0) is 22.5. The molecule has 1 heterocycles. The first-order valence-corrected chi connectivity index (χ1v) is 11.0. The minimum Gasteiger partial charge on any atom is -0.385 e. The first kappa shape index (κ1) is 23.0. The van der Waals surface area contributed by atoms with E-state index in [9.17, 15) is 9.90 Å². The Bertz CT molecular complexity index is 1040. The lowest BCUT2D eigenvalue weighted by atomic mass is 10.0. The highest BCUT2D eigenvalue weighted by Crippen LogP contribution is 2.29. The number of aliphatic hydroxyl groups excluding tert-OH is 1. The van der Waals surface area contributed by atoms with E-state index in [4.69, 9.17) is 4.74 Å². The Kier molecular flexibility index (Phi) is 7.46. The Labute approximate surface area is 184 Å². The molecule has 1 N–H and O–H groups in total. The van der Waals surface area contributed by atoms with Crippen LogP contribution in [0.4, 0.5) is 5.69 Å². The van der Waals surface area contributed by atoms with Crippen LogP contribution >= 0.6 is 0 Å². The van der Waals surface area contributed by atoms with E-state index in [0.717, 1.165) is 34.3 Å². The van der Waals surface area contributed by atoms with Crippen molar-refractivity contribution in [3.63, 3.8) is 0 Å². The van der Waals surface area contributed by atoms with E-state index in [1.165, 1.54) is 0 Å². The molecule has 6 heteroatoms. The lowest BCUT2D eigenvalue weighted by molar-refractivity contribution is -0.119. The summed E-state index contributed by atoms with van der Waals surface area (Å²) in [5.74, 6) is 0.471. The number of benzene rings is 2. The van der Waals surface area contributed by atoms with Crippen LogP contribution in [0.15, 0.2) is 42.5 Å². The van der Waals surface area contributed by atoms with E-state index in [2.05, 4.69) is 18.0 Å². The van der Waals surface area contributed by atoms with Crippen molar-refractivity contribution in [2.45, 2.75) is 59.2 Å². The Morgan fingerprint density at radius 2 is 1.94 bits per heavy atom. The molecule has 0 fully saturated rings. The zero-order valence-electron chi connectivity index (χ0n) is 19.1. The molecule has 3 aromatic rings. The number of imidazole rings is 1. The molecule has 0 aliphatic heterocycles. The molecule has 31 heavy (non-hydrogen) atoms. The second-order valence-corrected chi connectivity index (χ2v) is 7.97. The summed E-state index contributed by atoms with van der Waals surface area (Å²) in [4.78, 5) is 20.3. The van der Waals surface area contributed by atoms with Crippen LogP contribution in [0.2, 0.25) is 0 Å². The fourth-order valence-corrected chi connectivity index (χ4v) is 4.17. The van der Waals surface area contributed by atoms with E-state index < -0.39 is 6.10 Å². The molecular formula is C25H33N3O3. The van der Waals surface area contributed by atoms with Crippen LogP contribution in [0, 0.1) is 6.92 Å². The van der Waals surface area contributed by atoms with Gasteiger partial charge in [0.2, 0.25) is 5.91 Å². The summed E-state index contributed by atoms with van der Waals surface area (Å²) in [6.45, 7) is 8.57. The van der Waals surface area contributed by atoms with Crippen LogP contribution < -0.4 is 4.90 Å². The van der Waals surface area contributed by atoms with Gasteiger partial charge in [0.1, 0.15) is 18.5 Å². The molecule has 1 aromatic heterocycles. The van der Waals surface area contributed by atoms with Gasteiger partial charge in [-0.3, -0.25) is 4.79 Å². The number of ether oxygens (including phenoxy) is 1. The van der Waals surface area contributed by atoms with Gasteiger partial charge in [-0.15, -0.1) is 0 Å². The molecule has 2 aromatic carbocycles. The van der Waals surface area contributed by atoms with Gasteiger partial charge in [-0.1, -0.05) is 44.2 Å². The van der Waals surface area contributed by atoms with Gasteiger partial charge in [-0.25, -0.2) is 4.98 Å². The molecule has 2 atom stereocenters. The van der Waals surface area contributed by atoms with Gasteiger partial charge in [0.25, 0.3) is 0 Å². The van der Waals surface area contributed by atoms with Crippen molar-refractivity contribution < 1.29 is 14.6 Å². The van der Waals surface area contributed by atoms with Crippen LogP contribution in [-0.2, 0) is 22.5 Å². The molecule has 0 spiro atoms. The average molecular weight is 424 g/mol. The third-order valence-electron chi connectivity index (χ3n) is 5.72. The molecule has 0 bridgehead atoms. The number of amides is 1. The maximum Gasteiger partial charge on any atom is 0.247 e. The van der Waals surface area contributed by atoms with Gasteiger partial charge in [-0.2, -0.15) is 0 Å². The second-order valence-electron chi connectivity index (χ2n) is 7.97. The number of rotatable bonds is 9. The third-order valence-corrected chi connectivity index (χ3v) is 5.72. The van der Waals surface area contributed by atoms with Crippen molar-refractivity contribution in [1.29, 1.82) is 0 Å². The molecule has 1 amide bonds. The lowest BCUT2D eigenvalue weighted by Gasteiger charge is -2.32. The van der Waals surface area contributed by atoms with E-state index in [1.807, 2.05) is 66.6 Å². The summed E-state index contributed by atoms with van der Waals surface area (Å²) in [5, 5.41) is 10.6.